The quantitative estimate of drug-likeness (QED) is 0.856. The third-order valence-electron chi connectivity index (χ3n) is 3.27. The van der Waals surface area contributed by atoms with E-state index in [0.717, 1.165) is 5.75 Å². The molecule has 0 bridgehead atoms. The molecule has 0 saturated carbocycles. The highest BCUT2D eigenvalue weighted by Crippen LogP contribution is 2.26. The summed E-state index contributed by atoms with van der Waals surface area (Å²) in [5.74, 6) is 1.43. The predicted octanol–water partition coefficient (Wildman–Crippen LogP) is 4.45. The molecule has 116 valence electrons. The van der Waals surface area contributed by atoms with E-state index in [-0.39, 0.29) is 0 Å². The van der Waals surface area contributed by atoms with E-state index >= 15 is 0 Å². The molecule has 1 N–H and O–H groups in total. The average Bonchev–Trinajstić information content (AvgIpc) is 2.49. The molecule has 22 heavy (non-hydrogen) atoms. The normalized spacial score (nSPS) is 12.0. The number of rotatable bonds is 6. The summed E-state index contributed by atoms with van der Waals surface area (Å²) < 4.78 is 11.0. The lowest BCUT2D eigenvalue weighted by Crippen LogP contribution is -2.22. The van der Waals surface area contributed by atoms with Crippen molar-refractivity contribution in [3.63, 3.8) is 0 Å². The fraction of sp³-hybridized carbons (Fsp3) is 0.278. The summed E-state index contributed by atoms with van der Waals surface area (Å²) in [6, 6.07) is 14.9. The van der Waals surface area contributed by atoms with E-state index in [4.69, 9.17) is 14.6 Å². The minimum absolute atomic E-state index is 0.488. The van der Waals surface area contributed by atoms with Crippen molar-refractivity contribution in [3.05, 3.63) is 54.1 Å². The third-order valence-corrected chi connectivity index (χ3v) is 3.27. The molecule has 0 heterocycles. The maximum absolute atomic E-state index is 10.7. The molecule has 0 saturated heterocycles. The van der Waals surface area contributed by atoms with Crippen LogP contribution >= 0.6 is 0 Å². The minimum Gasteiger partial charge on any atom is -0.479 e. The smallest absolute Gasteiger partial charge is 0.344 e. The van der Waals surface area contributed by atoms with Gasteiger partial charge in [0.25, 0.3) is 0 Å². The van der Waals surface area contributed by atoms with Crippen LogP contribution in [0.3, 0.4) is 0 Å². The van der Waals surface area contributed by atoms with Gasteiger partial charge < -0.3 is 14.6 Å². The first-order valence-corrected chi connectivity index (χ1v) is 7.23. The van der Waals surface area contributed by atoms with E-state index in [1.165, 1.54) is 12.5 Å². The lowest BCUT2D eigenvalue weighted by atomic mass is 10.0. The largest absolute Gasteiger partial charge is 0.479 e. The van der Waals surface area contributed by atoms with E-state index in [0.29, 0.717) is 17.4 Å². The monoisotopic (exact) mass is 300 g/mol. The molecule has 0 fully saturated rings. The summed E-state index contributed by atoms with van der Waals surface area (Å²) in [6.45, 7) is 5.78. The van der Waals surface area contributed by atoms with Gasteiger partial charge in [-0.25, -0.2) is 4.79 Å². The fourth-order valence-electron chi connectivity index (χ4n) is 1.90. The average molecular weight is 300 g/mol. The van der Waals surface area contributed by atoms with Gasteiger partial charge in [0, 0.05) is 0 Å². The zero-order chi connectivity index (χ0) is 16.1. The first-order chi connectivity index (χ1) is 10.5. The first kappa shape index (κ1) is 15.9. The molecule has 0 aliphatic heterocycles. The van der Waals surface area contributed by atoms with Crippen molar-refractivity contribution in [1.29, 1.82) is 0 Å². The van der Waals surface area contributed by atoms with Gasteiger partial charge in [0.15, 0.2) is 6.10 Å². The highest BCUT2D eigenvalue weighted by molar-refractivity contribution is 5.72. The molecule has 0 radical (unpaired) electrons. The zero-order valence-corrected chi connectivity index (χ0v) is 12.9. The molecule has 2 rings (SSSR count). The molecule has 0 aliphatic carbocycles. The van der Waals surface area contributed by atoms with Gasteiger partial charge in [-0.15, -0.1) is 0 Å². The van der Waals surface area contributed by atoms with Crippen LogP contribution in [0, 0.1) is 0 Å². The second kappa shape index (κ2) is 6.98. The highest BCUT2D eigenvalue weighted by atomic mass is 16.5. The Bertz CT molecular complexity index is 615. The van der Waals surface area contributed by atoms with Gasteiger partial charge in [-0.2, -0.15) is 0 Å². The Labute approximate surface area is 130 Å². The van der Waals surface area contributed by atoms with E-state index in [2.05, 4.69) is 13.8 Å². The molecular weight excluding hydrogens is 280 g/mol. The summed E-state index contributed by atoms with van der Waals surface area (Å²) in [4.78, 5) is 10.7. The van der Waals surface area contributed by atoms with Crippen molar-refractivity contribution in [2.45, 2.75) is 32.8 Å². The van der Waals surface area contributed by atoms with Crippen molar-refractivity contribution in [3.8, 4) is 17.2 Å². The maximum Gasteiger partial charge on any atom is 0.344 e. The molecule has 2 aromatic carbocycles. The topological polar surface area (TPSA) is 55.8 Å². The highest BCUT2D eigenvalue weighted by Gasteiger charge is 2.12. The Kier molecular flexibility index (Phi) is 5.04. The minimum atomic E-state index is -0.995. The van der Waals surface area contributed by atoms with Crippen LogP contribution in [-0.2, 0) is 4.79 Å². The lowest BCUT2D eigenvalue weighted by molar-refractivity contribution is -0.144. The lowest BCUT2D eigenvalue weighted by Gasteiger charge is -2.11. The summed E-state index contributed by atoms with van der Waals surface area (Å²) >= 11 is 0. The molecule has 4 heteroatoms. The molecule has 0 aliphatic rings. The van der Waals surface area contributed by atoms with Crippen molar-refractivity contribution in [2.75, 3.05) is 0 Å². The summed E-state index contributed by atoms with van der Waals surface area (Å²) in [5, 5.41) is 8.80. The van der Waals surface area contributed by atoms with Crippen LogP contribution in [0.4, 0.5) is 0 Å². The third kappa shape index (κ3) is 4.25. The number of carboxylic acid groups (broad SMARTS) is 1. The van der Waals surface area contributed by atoms with Crippen LogP contribution in [0.5, 0.6) is 17.2 Å². The van der Waals surface area contributed by atoms with Crippen molar-refractivity contribution >= 4 is 5.97 Å². The number of carboxylic acids is 1. The summed E-state index contributed by atoms with van der Waals surface area (Å²) in [6.07, 6.45) is -0.879. The number of aliphatic carboxylic acids is 1. The van der Waals surface area contributed by atoms with Crippen molar-refractivity contribution < 1.29 is 19.4 Å². The molecular formula is C18H20O4. The Hall–Kier alpha value is -2.49. The van der Waals surface area contributed by atoms with Gasteiger partial charge in [0.2, 0.25) is 0 Å². The van der Waals surface area contributed by atoms with Gasteiger partial charge in [-0.1, -0.05) is 26.0 Å². The van der Waals surface area contributed by atoms with Gasteiger partial charge in [-0.05, 0) is 54.8 Å². The standard InChI is InChI=1S/C18H20O4/c1-12(2)14-4-6-16(7-5-14)22-17-10-8-15(9-11-17)21-13(3)18(19)20/h4-13H,1-3H3,(H,19,20). The number of hydrogen-bond donors (Lipinski definition) is 1. The number of benzene rings is 2. The second-order valence-electron chi connectivity index (χ2n) is 5.40. The van der Waals surface area contributed by atoms with Crippen LogP contribution < -0.4 is 9.47 Å². The molecule has 0 aromatic heterocycles. The Morgan fingerprint density at radius 1 is 0.864 bits per heavy atom. The number of ether oxygens (including phenoxy) is 2. The van der Waals surface area contributed by atoms with Gasteiger partial charge >= 0.3 is 5.97 Å². The van der Waals surface area contributed by atoms with Gasteiger partial charge in [-0.3, -0.25) is 0 Å². The van der Waals surface area contributed by atoms with Crippen molar-refractivity contribution in [1.82, 2.24) is 0 Å². The first-order valence-electron chi connectivity index (χ1n) is 7.23. The van der Waals surface area contributed by atoms with Crippen LogP contribution in [-0.4, -0.2) is 17.2 Å². The maximum atomic E-state index is 10.7. The van der Waals surface area contributed by atoms with Gasteiger partial charge in [0.1, 0.15) is 17.2 Å². The summed E-state index contributed by atoms with van der Waals surface area (Å²) in [7, 11) is 0. The molecule has 1 atom stereocenters. The van der Waals surface area contributed by atoms with E-state index in [9.17, 15) is 4.79 Å². The predicted molar refractivity (Wildman–Crippen MR) is 84.8 cm³/mol. The van der Waals surface area contributed by atoms with Crippen LogP contribution in [0.2, 0.25) is 0 Å². The molecule has 0 spiro atoms. The van der Waals surface area contributed by atoms with Crippen LogP contribution in [0.1, 0.15) is 32.3 Å². The van der Waals surface area contributed by atoms with E-state index in [1.807, 2.05) is 24.3 Å². The molecule has 4 nitrogen and oxygen atoms in total. The molecule has 2 aromatic rings. The van der Waals surface area contributed by atoms with Crippen LogP contribution in [0.25, 0.3) is 0 Å². The Morgan fingerprint density at radius 2 is 1.32 bits per heavy atom. The van der Waals surface area contributed by atoms with E-state index < -0.39 is 12.1 Å². The SMILES string of the molecule is CC(Oc1ccc(Oc2ccc(C(C)C)cc2)cc1)C(=O)O. The second-order valence-corrected chi connectivity index (χ2v) is 5.40. The van der Waals surface area contributed by atoms with Crippen LogP contribution in [0.15, 0.2) is 48.5 Å². The van der Waals surface area contributed by atoms with E-state index in [1.54, 1.807) is 24.3 Å². The van der Waals surface area contributed by atoms with Gasteiger partial charge in [0.05, 0.1) is 0 Å². The Balaban J connectivity index is 2.00. The van der Waals surface area contributed by atoms with Crippen molar-refractivity contribution in [2.24, 2.45) is 0 Å². The molecule has 1 unspecified atom stereocenters. The Morgan fingerprint density at radius 3 is 1.77 bits per heavy atom. The summed E-state index contributed by atoms with van der Waals surface area (Å²) in [5.41, 5.74) is 1.26. The number of carbonyl (C=O) groups is 1. The number of hydrogen-bond acceptors (Lipinski definition) is 3. The zero-order valence-electron chi connectivity index (χ0n) is 12.9. The fourth-order valence-corrected chi connectivity index (χ4v) is 1.90. The molecule has 0 amide bonds.